The molecule has 2 heterocycles. The summed E-state index contributed by atoms with van der Waals surface area (Å²) in [5.74, 6) is -2.14. The average Bonchev–Trinajstić information content (AvgIpc) is 3.32. The zero-order chi connectivity index (χ0) is 30.8. The number of carboxylic acid groups (broad SMARTS) is 1. The van der Waals surface area contributed by atoms with Crippen molar-refractivity contribution in [3.8, 4) is 11.5 Å². The molecule has 0 aliphatic rings. The maximum absolute atomic E-state index is 14.2. The van der Waals surface area contributed by atoms with Gasteiger partial charge in [-0.15, -0.1) is 0 Å². The molecule has 4 rings (SSSR count). The predicted octanol–water partition coefficient (Wildman–Crippen LogP) is 0.482. The summed E-state index contributed by atoms with van der Waals surface area (Å²) >= 11 is 0. The summed E-state index contributed by atoms with van der Waals surface area (Å²) < 4.78 is 91.0. The van der Waals surface area contributed by atoms with E-state index in [1.54, 1.807) is 32.0 Å². The van der Waals surface area contributed by atoms with Gasteiger partial charge in [0, 0.05) is 11.8 Å². The van der Waals surface area contributed by atoms with E-state index in [2.05, 4.69) is 9.97 Å². The third-order valence-electron chi connectivity index (χ3n) is 6.09. The minimum Gasteiger partial charge on any atom is -0.546 e. The van der Waals surface area contributed by atoms with Crippen LogP contribution in [0.4, 0.5) is 13.2 Å². The van der Waals surface area contributed by atoms with Crippen LogP contribution in [0, 0.1) is 6.92 Å². The van der Waals surface area contributed by atoms with E-state index in [1.165, 1.54) is 43.5 Å². The number of fused-ring (bicyclic) bond motifs is 1. The van der Waals surface area contributed by atoms with Crippen LogP contribution in [0.2, 0.25) is 0 Å². The van der Waals surface area contributed by atoms with Gasteiger partial charge in [-0.3, -0.25) is 9.19 Å². The van der Waals surface area contributed by atoms with Crippen LogP contribution in [0.3, 0.4) is 0 Å². The monoisotopic (exact) mass is 647 g/mol. The molecular formula is C27H25F3N3NaO7S2. The van der Waals surface area contributed by atoms with Crippen molar-refractivity contribution in [1.82, 2.24) is 13.9 Å². The number of carbonyl (C=O) groups is 1. The fourth-order valence-corrected chi connectivity index (χ4v) is 7.49. The molecule has 1 unspecified atom stereocenters. The summed E-state index contributed by atoms with van der Waals surface area (Å²) in [6, 6.07) is 11.5. The van der Waals surface area contributed by atoms with E-state index >= 15 is 0 Å². The molecule has 0 amide bonds. The number of imidazole rings is 1. The van der Waals surface area contributed by atoms with Crippen LogP contribution in [0.25, 0.3) is 11.0 Å². The maximum Gasteiger partial charge on any atom is 1.00 e. The van der Waals surface area contributed by atoms with Crippen molar-refractivity contribution in [2.45, 2.75) is 48.7 Å². The van der Waals surface area contributed by atoms with Gasteiger partial charge in [0.2, 0.25) is 5.16 Å². The van der Waals surface area contributed by atoms with Crippen LogP contribution < -0.4 is 44.1 Å². The van der Waals surface area contributed by atoms with Gasteiger partial charge >= 0.3 is 35.7 Å². The third kappa shape index (κ3) is 7.95. The minimum atomic E-state index is -4.56. The Bertz CT molecular complexity index is 1780. The molecule has 0 fully saturated rings. The van der Waals surface area contributed by atoms with Crippen molar-refractivity contribution in [2.24, 2.45) is 0 Å². The van der Waals surface area contributed by atoms with Crippen LogP contribution >= 0.6 is 0 Å². The Labute approximate surface area is 270 Å². The van der Waals surface area contributed by atoms with Crippen molar-refractivity contribution < 1.29 is 74.7 Å². The number of aromatic nitrogens is 3. The second kappa shape index (κ2) is 13.8. The van der Waals surface area contributed by atoms with Crippen LogP contribution in [-0.2, 0) is 31.4 Å². The van der Waals surface area contributed by atoms with Crippen molar-refractivity contribution in [3.05, 3.63) is 71.5 Å². The predicted molar refractivity (Wildman–Crippen MR) is 144 cm³/mol. The van der Waals surface area contributed by atoms with E-state index in [0.29, 0.717) is 5.56 Å². The molecule has 0 saturated heterocycles. The molecule has 0 radical (unpaired) electrons. The van der Waals surface area contributed by atoms with E-state index in [4.69, 9.17) is 9.47 Å². The number of pyridine rings is 1. The number of alkyl halides is 3. The SMILES string of the molecule is Cc1c(OCC(F)(F)F)ccnc1CS(=O)c1nc2ccccc2n1S(=O)(=O)c1ccc(OCC(=O)[O-])cc1C(C)C.[Na+]. The molecule has 0 saturated carbocycles. The van der Waals surface area contributed by atoms with Crippen LogP contribution in [-0.4, -0.2) is 51.9 Å². The summed E-state index contributed by atoms with van der Waals surface area (Å²) in [5.41, 5.74) is 1.07. The van der Waals surface area contributed by atoms with Crippen molar-refractivity contribution >= 4 is 37.8 Å². The summed E-state index contributed by atoms with van der Waals surface area (Å²) in [4.78, 5) is 19.1. The molecule has 224 valence electrons. The molecular weight excluding hydrogens is 622 g/mol. The van der Waals surface area contributed by atoms with Gasteiger partial charge in [0.1, 0.15) is 18.1 Å². The third-order valence-corrected chi connectivity index (χ3v) is 9.20. The number of nitrogens with zero attached hydrogens (tertiary/aromatic N) is 3. The Hall–Kier alpha value is -2.98. The quantitative estimate of drug-likeness (QED) is 0.213. The summed E-state index contributed by atoms with van der Waals surface area (Å²) in [6.45, 7) is 2.69. The topological polar surface area (TPSA) is 141 Å². The molecule has 0 aliphatic carbocycles. The largest absolute Gasteiger partial charge is 1.00 e. The second-order valence-electron chi connectivity index (χ2n) is 9.44. The fourth-order valence-electron chi connectivity index (χ4n) is 4.11. The summed E-state index contributed by atoms with van der Waals surface area (Å²) in [6.07, 6.45) is -3.35. The zero-order valence-electron chi connectivity index (χ0n) is 23.5. The molecule has 0 bridgehead atoms. The molecule has 1 atom stereocenters. The van der Waals surface area contributed by atoms with E-state index in [9.17, 15) is 35.7 Å². The fraction of sp³-hybridized carbons (Fsp3) is 0.296. The molecule has 4 aromatic rings. The first-order valence-electron chi connectivity index (χ1n) is 12.4. The number of rotatable bonds is 11. The number of ether oxygens (including phenoxy) is 2. The van der Waals surface area contributed by atoms with Gasteiger partial charge in [-0.1, -0.05) is 26.0 Å². The Morgan fingerprint density at radius 2 is 1.81 bits per heavy atom. The average molecular weight is 648 g/mol. The number of aliphatic carboxylic acids is 1. The number of benzene rings is 2. The first-order valence-corrected chi connectivity index (χ1v) is 15.2. The first kappa shape index (κ1) is 34.5. The summed E-state index contributed by atoms with van der Waals surface area (Å²) in [7, 11) is -6.58. The van der Waals surface area contributed by atoms with E-state index in [-0.39, 0.29) is 85.1 Å². The van der Waals surface area contributed by atoms with Crippen LogP contribution in [0.15, 0.2) is 64.8 Å². The second-order valence-corrected chi connectivity index (χ2v) is 12.5. The van der Waals surface area contributed by atoms with Crippen molar-refractivity contribution in [1.29, 1.82) is 0 Å². The van der Waals surface area contributed by atoms with Gasteiger partial charge in [0.05, 0.1) is 44.1 Å². The first-order chi connectivity index (χ1) is 19.7. The Balaban J connectivity index is 0.00000506. The number of hydrogen-bond donors (Lipinski definition) is 0. The molecule has 43 heavy (non-hydrogen) atoms. The minimum absolute atomic E-state index is 0. The van der Waals surface area contributed by atoms with E-state index in [1.807, 2.05) is 0 Å². The molecule has 0 aliphatic heterocycles. The van der Waals surface area contributed by atoms with Crippen LogP contribution in [0.1, 0.15) is 36.6 Å². The molecule has 10 nitrogen and oxygen atoms in total. The van der Waals surface area contributed by atoms with Gasteiger partial charge < -0.3 is 19.4 Å². The van der Waals surface area contributed by atoms with Crippen molar-refractivity contribution in [3.63, 3.8) is 0 Å². The number of hydrogen-bond acceptors (Lipinski definition) is 9. The maximum atomic E-state index is 14.2. The van der Waals surface area contributed by atoms with Gasteiger partial charge in [0.25, 0.3) is 10.0 Å². The van der Waals surface area contributed by atoms with Gasteiger partial charge in [-0.2, -0.15) is 13.2 Å². The van der Waals surface area contributed by atoms with E-state index in [0.717, 1.165) is 3.97 Å². The number of carboxylic acids is 1. The molecule has 16 heteroatoms. The number of halogens is 3. The van der Waals surface area contributed by atoms with Crippen LogP contribution in [0.5, 0.6) is 11.5 Å². The Morgan fingerprint density at radius 3 is 2.47 bits per heavy atom. The number of para-hydroxylation sites is 2. The van der Waals surface area contributed by atoms with Gasteiger partial charge in [-0.25, -0.2) is 17.4 Å². The van der Waals surface area contributed by atoms with Crippen molar-refractivity contribution in [2.75, 3.05) is 13.2 Å². The molecule has 0 N–H and O–H groups in total. The van der Waals surface area contributed by atoms with E-state index < -0.39 is 46.2 Å². The Morgan fingerprint density at radius 1 is 1.12 bits per heavy atom. The molecule has 2 aromatic heterocycles. The zero-order valence-corrected chi connectivity index (χ0v) is 27.2. The standard InChI is InChI=1S/C27H26F3N3O7S2.Na/c1-16(2)19-12-18(39-13-25(34)35)8-9-24(19)42(37,38)33-22-7-5-4-6-20(22)32-26(33)41(36)14-21-17(3)23(10-11-31-21)40-15-27(28,29)30;/h4-12,16H,13-15H2,1-3H3,(H,34,35);/q;+1/p-1. The normalized spacial score (nSPS) is 12.6. The Kier molecular flexibility index (Phi) is 11.0. The summed E-state index contributed by atoms with van der Waals surface area (Å²) in [5, 5.41) is 10.5. The molecule has 0 spiro atoms. The smallest absolute Gasteiger partial charge is 0.546 e. The number of carbonyl (C=O) groups excluding carboxylic acids is 1. The van der Waals surface area contributed by atoms with Gasteiger partial charge in [-0.05, 0) is 54.8 Å². The van der Waals surface area contributed by atoms with Gasteiger partial charge in [0.15, 0.2) is 6.61 Å². The molecule has 2 aromatic carbocycles.